The molecule has 0 radical (unpaired) electrons. The first-order valence-electron chi connectivity index (χ1n) is 6.82. The SMILES string of the molecule is Fc1ccc2c(c1)CC(CC(CCl)c1ccccc1)O2. The maximum atomic E-state index is 13.2. The Morgan fingerprint density at radius 3 is 2.75 bits per heavy atom. The fourth-order valence-corrected chi connectivity index (χ4v) is 3.06. The van der Waals surface area contributed by atoms with Gasteiger partial charge in [0.15, 0.2) is 0 Å². The normalized spacial score (nSPS) is 18.4. The Kier molecular flexibility index (Phi) is 3.93. The van der Waals surface area contributed by atoms with E-state index >= 15 is 0 Å². The van der Waals surface area contributed by atoms with Crippen LogP contribution >= 0.6 is 11.6 Å². The van der Waals surface area contributed by atoms with Crippen molar-refractivity contribution in [2.24, 2.45) is 0 Å². The topological polar surface area (TPSA) is 9.23 Å². The van der Waals surface area contributed by atoms with Gasteiger partial charge < -0.3 is 4.74 Å². The predicted molar refractivity (Wildman–Crippen MR) is 79.0 cm³/mol. The van der Waals surface area contributed by atoms with E-state index in [2.05, 4.69) is 12.1 Å². The van der Waals surface area contributed by atoms with Crippen LogP contribution in [0.1, 0.15) is 23.5 Å². The molecule has 1 aliphatic heterocycles. The molecule has 1 aliphatic rings. The van der Waals surface area contributed by atoms with Crippen LogP contribution in [-0.2, 0) is 6.42 Å². The molecule has 0 N–H and O–H groups in total. The molecule has 3 heteroatoms. The van der Waals surface area contributed by atoms with Gasteiger partial charge in [-0.3, -0.25) is 0 Å². The van der Waals surface area contributed by atoms with Crippen molar-refractivity contribution >= 4 is 11.6 Å². The molecule has 2 aromatic rings. The first-order chi connectivity index (χ1) is 9.76. The van der Waals surface area contributed by atoms with Crippen molar-refractivity contribution in [1.29, 1.82) is 0 Å². The van der Waals surface area contributed by atoms with Crippen molar-refractivity contribution in [2.45, 2.75) is 24.9 Å². The monoisotopic (exact) mass is 290 g/mol. The Morgan fingerprint density at radius 2 is 2.00 bits per heavy atom. The fraction of sp³-hybridized carbons (Fsp3) is 0.294. The van der Waals surface area contributed by atoms with Gasteiger partial charge in [-0.15, -0.1) is 11.6 Å². The molecule has 0 saturated carbocycles. The first-order valence-corrected chi connectivity index (χ1v) is 7.35. The highest BCUT2D eigenvalue weighted by Crippen LogP contribution is 2.34. The van der Waals surface area contributed by atoms with Crippen molar-refractivity contribution in [3.63, 3.8) is 0 Å². The largest absolute Gasteiger partial charge is 0.490 e. The number of benzene rings is 2. The third-order valence-corrected chi connectivity index (χ3v) is 4.14. The van der Waals surface area contributed by atoms with E-state index in [0.717, 1.165) is 24.2 Å². The van der Waals surface area contributed by atoms with Gasteiger partial charge in [-0.05, 0) is 30.2 Å². The second-order valence-electron chi connectivity index (χ2n) is 5.19. The number of rotatable bonds is 4. The van der Waals surface area contributed by atoms with Crippen LogP contribution in [0.3, 0.4) is 0 Å². The average molecular weight is 291 g/mol. The summed E-state index contributed by atoms with van der Waals surface area (Å²) in [5.41, 5.74) is 2.18. The number of alkyl halides is 1. The highest BCUT2D eigenvalue weighted by molar-refractivity contribution is 6.18. The fourth-order valence-electron chi connectivity index (χ4n) is 2.75. The van der Waals surface area contributed by atoms with Crippen molar-refractivity contribution in [2.75, 3.05) is 5.88 Å². The van der Waals surface area contributed by atoms with Crippen LogP contribution in [-0.4, -0.2) is 12.0 Å². The van der Waals surface area contributed by atoms with Gasteiger partial charge in [-0.25, -0.2) is 4.39 Å². The van der Waals surface area contributed by atoms with E-state index in [0.29, 0.717) is 5.88 Å². The molecule has 0 spiro atoms. The summed E-state index contributed by atoms with van der Waals surface area (Å²) in [6.07, 6.45) is 1.69. The molecule has 2 aromatic carbocycles. The lowest BCUT2D eigenvalue weighted by Gasteiger charge is -2.18. The van der Waals surface area contributed by atoms with Gasteiger partial charge in [-0.1, -0.05) is 30.3 Å². The van der Waals surface area contributed by atoms with Crippen molar-refractivity contribution < 1.29 is 9.13 Å². The van der Waals surface area contributed by atoms with E-state index in [1.807, 2.05) is 18.2 Å². The van der Waals surface area contributed by atoms with Gasteiger partial charge in [0, 0.05) is 23.8 Å². The highest BCUT2D eigenvalue weighted by Gasteiger charge is 2.26. The van der Waals surface area contributed by atoms with Crippen LogP contribution in [0.2, 0.25) is 0 Å². The second-order valence-corrected chi connectivity index (χ2v) is 5.50. The molecule has 3 rings (SSSR count). The van der Waals surface area contributed by atoms with Gasteiger partial charge >= 0.3 is 0 Å². The first kappa shape index (κ1) is 13.4. The van der Waals surface area contributed by atoms with Gasteiger partial charge in [0.2, 0.25) is 0 Å². The van der Waals surface area contributed by atoms with Crippen LogP contribution in [0.5, 0.6) is 5.75 Å². The number of halogens is 2. The summed E-state index contributed by atoms with van der Waals surface area (Å²) in [7, 11) is 0. The number of hydrogen-bond acceptors (Lipinski definition) is 1. The molecule has 0 bridgehead atoms. The summed E-state index contributed by atoms with van der Waals surface area (Å²) in [4.78, 5) is 0. The van der Waals surface area contributed by atoms with E-state index in [1.54, 1.807) is 12.1 Å². The summed E-state index contributed by atoms with van der Waals surface area (Å²) in [6, 6.07) is 14.9. The summed E-state index contributed by atoms with van der Waals surface area (Å²) in [5.74, 6) is 1.43. The third-order valence-electron chi connectivity index (χ3n) is 3.77. The van der Waals surface area contributed by atoms with Crippen LogP contribution in [0, 0.1) is 5.82 Å². The minimum atomic E-state index is -0.204. The molecule has 0 aliphatic carbocycles. The molecule has 0 amide bonds. The van der Waals surface area contributed by atoms with Gasteiger partial charge in [0.05, 0.1) is 0 Å². The Morgan fingerprint density at radius 1 is 1.20 bits per heavy atom. The molecule has 0 fully saturated rings. The van der Waals surface area contributed by atoms with E-state index in [4.69, 9.17) is 16.3 Å². The van der Waals surface area contributed by atoms with Gasteiger partial charge in [-0.2, -0.15) is 0 Å². The van der Waals surface area contributed by atoms with Crippen molar-refractivity contribution in [1.82, 2.24) is 0 Å². The molecule has 20 heavy (non-hydrogen) atoms. The highest BCUT2D eigenvalue weighted by atomic mass is 35.5. The Hall–Kier alpha value is -1.54. The van der Waals surface area contributed by atoms with E-state index < -0.39 is 0 Å². The number of ether oxygens (including phenoxy) is 1. The Balaban J connectivity index is 1.70. The zero-order chi connectivity index (χ0) is 13.9. The van der Waals surface area contributed by atoms with Gasteiger partial charge in [0.25, 0.3) is 0 Å². The van der Waals surface area contributed by atoms with Crippen LogP contribution in [0.15, 0.2) is 48.5 Å². The minimum Gasteiger partial charge on any atom is -0.490 e. The van der Waals surface area contributed by atoms with Crippen molar-refractivity contribution in [3.05, 3.63) is 65.5 Å². The molecular weight excluding hydrogens is 275 g/mol. The maximum absolute atomic E-state index is 13.2. The average Bonchev–Trinajstić information content (AvgIpc) is 2.87. The quantitative estimate of drug-likeness (QED) is 0.751. The summed E-state index contributed by atoms with van der Waals surface area (Å²) < 4.78 is 19.1. The third kappa shape index (κ3) is 2.80. The lowest BCUT2D eigenvalue weighted by atomic mass is 9.93. The molecule has 2 atom stereocenters. The van der Waals surface area contributed by atoms with Crippen LogP contribution in [0.4, 0.5) is 4.39 Å². The number of fused-ring (bicyclic) bond motifs is 1. The molecule has 1 heterocycles. The summed E-state index contributed by atoms with van der Waals surface area (Å²) >= 11 is 6.10. The number of hydrogen-bond donors (Lipinski definition) is 0. The molecule has 1 nitrogen and oxygen atoms in total. The molecule has 104 valence electrons. The van der Waals surface area contributed by atoms with E-state index in [-0.39, 0.29) is 17.8 Å². The molecule has 0 aromatic heterocycles. The zero-order valence-electron chi connectivity index (χ0n) is 11.1. The Bertz CT molecular complexity index is 585. The lowest BCUT2D eigenvalue weighted by molar-refractivity contribution is 0.213. The predicted octanol–water partition coefficient (Wildman–Crippen LogP) is 4.54. The van der Waals surface area contributed by atoms with Crippen molar-refractivity contribution in [3.8, 4) is 5.75 Å². The summed E-state index contributed by atoms with van der Waals surface area (Å²) in [6.45, 7) is 0. The maximum Gasteiger partial charge on any atom is 0.123 e. The molecule has 0 saturated heterocycles. The zero-order valence-corrected chi connectivity index (χ0v) is 11.8. The second kappa shape index (κ2) is 5.84. The smallest absolute Gasteiger partial charge is 0.123 e. The molecular formula is C17H16ClFO. The minimum absolute atomic E-state index is 0.0794. The summed E-state index contributed by atoms with van der Waals surface area (Å²) in [5, 5.41) is 0. The van der Waals surface area contributed by atoms with E-state index in [1.165, 1.54) is 11.6 Å². The van der Waals surface area contributed by atoms with Crippen LogP contribution < -0.4 is 4.74 Å². The lowest BCUT2D eigenvalue weighted by Crippen LogP contribution is -2.18. The standard InChI is InChI=1S/C17H16ClFO/c18-11-14(12-4-2-1-3-5-12)10-16-9-13-8-15(19)6-7-17(13)20-16/h1-8,14,16H,9-11H2. The van der Waals surface area contributed by atoms with Gasteiger partial charge in [0.1, 0.15) is 17.7 Å². The van der Waals surface area contributed by atoms with E-state index in [9.17, 15) is 4.39 Å². The van der Waals surface area contributed by atoms with Crippen LogP contribution in [0.25, 0.3) is 0 Å². The Labute approximate surface area is 123 Å². The molecule has 2 unspecified atom stereocenters.